The van der Waals surface area contributed by atoms with Gasteiger partial charge in [0.2, 0.25) is 0 Å². The molecule has 0 aliphatic carbocycles. The number of nitrogens with zero attached hydrogens (tertiary/aromatic N) is 4. The van der Waals surface area contributed by atoms with Crippen LogP contribution in [0.4, 0.5) is 11.5 Å². The molecule has 24 heavy (non-hydrogen) atoms. The third-order valence-corrected chi connectivity index (χ3v) is 4.15. The Bertz CT molecular complexity index is 714. The van der Waals surface area contributed by atoms with Crippen LogP contribution >= 0.6 is 0 Å². The molecular weight excluding hydrogens is 304 g/mol. The first-order valence-electron chi connectivity index (χ1n) is 8.22. The zero-order chi connectivity index (χ0) is 16.9. The van der Waals surface area contributed by atoms with Crippen molar-refractivity contribution in [3.63, 3.8) is 0 Å². The minimum absolute atomic E-state index is 0.0816. The van der Waals surface area contributed by atoms with Gasteiger partial charge < -0.3 is 9.64 Å². The van der Waals surface area contributed by atoms with Crippen LogP contribution in [0.2, 0.25) is 0 Å². The Morgan fingerprint density at radius 2 is 2.12 bits per heavy atom. The molecule has 6 heteroatoms. The molecule has 1 aliphatic rings. The Kier molecular flexibility index (Phi) is 5.05. The molecule has 3 heterocycles. The average Bonchev–Trinajstić information content (AvgIpc) is 2.64. The van der Waals surface area contributed by atoms with Gasteiger partial charge in [0.1, 0.15) is 5.82 Å². The number of carbonyl (C=O) groups excluding carboxylic acids is 1. The molecule has 0 saturated carbocycles. The van der Waals surface area contributed by atoms with Crippen LogP contribution in [0.1, 0.15) is 22.8 Å². The van der Waals surface area contributed by atoms with E-state index >= 15 is 0 Å². The molecule has 0 unspecified atom stereocenters. The minimum atomic E-state index is -0.0816. The number of morpholine rings is 1. The van der Waals surface area contributed by atoms with Gasteiger partial charge in [-0.1, -0.05) is 6.07 Å². The van der Waals surface area contributed by atoms with Gasteiger partial charge in [-0.25, -0.2) is 4.98 Å². The highest BCUT2D eigenvalue weighted by Crippen LogP contribution is 2.21. The SMILES string of the molecule is CCN(C(=O)c1cncc(N2CCOCC2)c1)c1ncccc1C. The van der Waals surface area contributed by atoms with Gasteiger partial charge in [-0.05, 0) is 31.5 Å². The van der Waals surface area contributed by atoms with E-state index in [9.17, 15) is 4.79 Å². The molecule has 6 nitrogen and oxygen atoms in total. The van der Waals surface area contributed by atoms with E-state index < -0.39 is 0 Å². The fourth-order valence-electron chi connectivity index (χ4n) is 2.84. The number of anilines is 2. The molecule has 0 atom stereocenters. The first kappa shape index (κ1) is 16.4. The van der Waals surface area contributed by atoms with Crippen LogP contribution in [0, 0.1) is 6.92 Å². The summed E-state index contributed by atoms with van der Waals surface area (Å²) in [7, 11) is 0. The van der Waals surface area contributed by atoms with Crippen molar-refractivity contribution in [1.29, 1.82) is 0 Å². The molecule has 2 aromatic heterocycles. The number of ether oxygens (including phenoxy) is 1. The maximum Gasteiger partial charge on any atom is 0.261 e. The van der Waals surface area contributed by atoms with Crippen molar-refractivity contribution in [1.82, 2.24) is 9.97 Å². The number of pyridine rings is 2. The summed E-state index contributed by atoms with van der Waals surface area (Å²) in [5.74, 6) is 0.615. The molecule has 0 radical (unpaired) electrons. The number of hydrogen-bond donors (Lipinski definition) is 0. The van der Waals surface area contributed by atoms with E-state index in [1.54, 1.807) is 23.5 Å². The summed E-state index contributed by atoms with van der Waals surface area (Å²) in [6, 6.07) is 5.74. The van der Waals surface area contributed by atoms with Crippen molar-refractivity contribution < 1.29 is 9.53 Å². The number of hydrogen-bond acceptors (Lipinski definition) is 5. The van der Waals surface area contributed by atoms with E-state index in [0.717, 1.165) is 24.3 Å². The maximum absolute atomic E-state index is 13.0. The summed E-state index contributed by atoms with van der Waals surface area (Å²) < 4.78 is 5.38. The predicted octanol–water partition coefficient (Wildman–Crippen LogP) is 2.29. The van der Waals surface area contributed by atoms with E-state index in [0.29, 0.717) is 31.1 Å². The standard InChI is InChI=1S/C18H22N4O2/c1-3-22(17-14(2)5-4-6-20-17)18(23)15-11-16(13-19-12-15)21-7-9-24-10-8-21/h4-6,11-13H,3,7-10H2,1-2H3. The lowest BCUT2D eigenvalue weighted by atomic mass is 10.2. The fraction of sp³-hybridized carbons (Fsp3) is 0.389. The zero-order valence-electron chi connectivity index (χ0n) is 14.1. The molecule has 2 aromatic rings. The van der Waals surface area contributed by atoms with Crippen LogP contribution in [0.3, 0.4) is 0 Å². The van der Waals surface area contributed by atoms with Crippen molar-refractivity contribution in [2.75, 3.05) is 42.6 Å². The number of aromatic nitrogens is 2. The molecule has 1 saturated heterocycles. The Labute approximate surface area is 142 Å². The predicted molar refractivity (Wildman–Crippen MR) is 93.6 cm³/mol. The van der Waals surface area contributed by atoms with Crippen LogP contribution in [0.25, 0.3) is 0 Å². The van der Waals surface area contributed by atoms with Crippen molar-refractivity contribution in [3.8, 4) is 0 Å². The van der Waals surface area contributed by atoms with E-state index in [2.05, 4.69) is 14.9 Å². The zero-order valence-corrected chi connectivity index (χ0v) is 14.1. The van der Waals surface area contributed by atoms with Gasteiger partial charge in [0, 0.05) is 32.0 Å². The molecule has 0 N–H and O–H groups in total. The van der Waals surface area contributed by atoms with E-state index in [1.807, 2.05) is 32.0 Å². The number of carbonyl (C=O) groups is 1. The Morgan fingerprint density at radius 1 is 1.33 bits per heavy atom. The van der Waals surface area contributed by atoms with E-state index in [-0.39, 0.29) is 5.91 Å². The quantitative estimate of drug-likeness (QED) is 0.863. The molecule has 1 aliphatic heterocycles. The second-order valence-corrected chi connectivity index (χ2v) is 5.72. The highest BCUT2D eigenvalue weighted by Gasteiger charge is 2.20. The van der Waals surface area contributed by atoms with Gasteiger partial charge in [0.15, 0.2) is 0 Å². The Balaban J connectivity index is 1.87. The van der Waals surface area contributed by atoms with Crippen molar-refractivity contribution in [3.05, 3.63) is 47.9 Å². The van der Waals surface area contributed by atoms with Crippen LogP contribution < -0.4 is 9.80 Å². The minimum Gasteiger partial charge on any atom is -0.378 e. The van der Waals surface area contributed by atoms with Gasteiger partial charge in [0.05, 0.1) is 30.7 Å². The average molecular weight is 326 g/mol. The first-order chi connectivity index (χ1) is 11.7. The van der Waals surface area contributed by atoms with Gasteiger partial charge >= 0.3 is 0 Å². The summed E-state index contributed by atoms with van der Waals surface area (Å²) in [5, 5.41) is 0. The lowest BCUT2D eigenvalue weighted by molar-refractivity contribution is 0.0987. The number of aryl methyl sites for hydroxylation is 1. The highest BCUT2D eigenvalue weighted by atomic mass is 16.5. The lowest BCUT2D eigenvalue weighted by Crippen LogP contribution is -2.36. The van der Waals surface area contributed by atoms with Crippen molar-refractivity contribution >= 4 is 17.4 Å². The van der Waals surface area contributed by atoms with Crippen LogP contribution in [0.15, 0.2) is 36.8 Å². The summed E-state index contributed by atoms with van der Waals surface area (Å²) in [6.45, 7) is 7.50. The molecule has 0 bridgehead atoms. The van der Waals surface area contributed by atoms with Crippen LogP contribution in [-0.4, -0.2) is 48.7 Å². The number of amides is 1. The smallest absolute Gasteiger partial charge is 0.261 e. The number of rotatable bonds is 4. The largest absolute Gasteiger partial charge is 0.378 e. The van der Waals surface area contributed by atoms with Gasteiger partial charge in [0.25, 0.3) is 5.91 Å². The van der Waals surface area contributed by atoms with Gasteiger partial charge in [-0.3, -0.25) is 14.7 Å². The third kappa shape index (κ3) is 3.38. The van der Waals surface area contributed by atoms with Crippen LogP contribution in [0.5, 0.6) is 0 Å². The Hall–Kier alpha value is -2.47. The van der Waals surface area contributed by atoms with Gasteiger partial charge in [-0.2, -0.15) is 0 Å². The summed E-state index contributed by atoms with van der Waals surface area (Å²) in [6.07, 6.45) is 5.12. The molecule has 0 spiro atoms. The van der Waals surface area contributed by atoms with E-state index in [4.69, 9.17) is 4.74 Å². The molecule has 1 amide bonds. The summed E-state index contributed by atoms with van der Waals surface area (Å²) in [4.78, 5) is 25.5. The molecule has 3 rings (SSSR count). The molecule has 126 valence electrons. The second kappa shape index (κ2) is 7.40. The second-order valence-electron chi connectivity index (χ2n) is 5.72. The third-order valence-electron chi connectivity index (χ3n) is 4.15. The Morgan fingerprint density at radius 3 is 2.83 bits per heavy atom. The van der Waals surface area contributed by atoms with Crippen molar-refractivity contribution in [2.24, 2.45) is 0 Å². The summed E-state index contributed by atoms with van der Waals surface area (Å²) in [5.41, 5.74) is 2.51. The molecule has 0 aromatic carbocycles. The lowest BCUT2D eigenvalue weighted by Gasteiger charge is -2.29. The van der Waals surface area contributed by atoms with Crippen molar-refractivity contribution in [2.45, 2.75) is 13.8 Å². The fourth-order valence-corrected chi connectivity index (χ4v) is 2.84. The maximum atomic E-state index is 13.0. The first-order valence-corrected chi connectivity index (χ1v) is 8.22. The highest BCUT2D eigenvalue weighted by molar-refractivity contribution is 6.06. The van der Waals surface area contributed by atoms with Gasteiger partial charge in [-0.15, -0.1) is 0 Å². The topological polar surface area (TPSA) is 58.6 Å². The van der Waals surface area contributed by atoms with Crippen LogP contribution in [-0.2, 0) is 4.74 Å². The normalized spacial score (nSPS) is 14.5. The molecule has 1 fully saturated rings. The summed E-state index contributed by atoms with van der Waals surface area (Å²) >= 11 is 0. The monoisotopic (exact) mass is 326 g/mol. The van der Waals surface area contributed by atoms with E-state index in [1.165, 1.54) is 0 Å². The molecular formula is C18H22N4O2.